The summed E-state index contributed by atoms with van der Waals surface area (Å²) in [5.74, 6) is 0.591. The summed E-state index contributed by atoms with van der Waals surface area (Å²) in [5.41, 5.74) is 8.80. The van der Waals surface area contributed by atoms with Crippen molar-refractivity contribution in [2.75, 3.05) is 0 Å². The van der Waals surface area contributed by atoms with Crippen molar-refractivity contribution in [3.63, 3.8) is 0 Å². The molecule has 1 heterocycles. The number of nitrogens with zero attached hydrogens (tertiary/aromatic N) is 2. The number of carbonyl (C=O) groups is 2. The number of amides is 2. The number of aromatic nitrogens is 2. The maximum absolute atomic E-state index is 12.3. The fourth-order valence-corrected chi connectivity index (χ4v) is 3.09. The molecule has 0 spiro atoms. The van der Waals surface area contributed by atoms with Gasteiger partial charge in [0.25, 0.3) is 11.8 Å². The molecule has 29 heavy (non-hydrogen) atoms. The van der Waals surface area contributed by atoms with Crippen molar-refractivity contribution in [1.82, 2.24) is 20.4 Å². The van der Waals surface area contributed by atoms with Crippen LogP contribution in [-0.4, -0.2) is 21.4 Å². The molecular formula is C23H26N4O2. The van der Waals surface area contributed by atoms with Crippen LogP contribution in [0.5, 0.6) is 0 Å². The average Bonchev–Trinajstić information content (AvgIpc) is 3.08. The Balaban J connectivity index is 1.56. The van der Waals surface area contributed by atoms with Gasteiger partial charge in [-0.2, -0.15) is 0 Å². The van der Waals surface area contributed by atoms with Crippen molar-refractivity contribution < 1.29 is 9.59 Å². The number of fused-ring (bicyclic) bond motifs is 1. The summed E-state index contributed by atoms with van der Waals surface area (Å²) in [6.45, 7) is 6.36. The monoisotopic (exact) mass is 390 g/mol. The first-order chi connectivity index (χ1) is 14.0. The number of hydrogen-bond donors (Lipinski definition) is 2. The molecule has 6 heteroatoms. The second kappa shape index (κ2) is 9.19. The molecule has 0 aliphatic carbocycles. The van der Waals surface area contributed by atoms with Gasteiger partial charge in [-0.3, -0.25) is 20.4 Å². The quantitative estimate of drug-likeness (QED) is 0.499. The Morgan fingerprint density at radius 2 is 1.79 bits per heavy atom. The molecule has 0 fully saturated rings. The van der Waals surface area contributed by atoms with Crippen LogP contribution in [0.15, 0.2) is 54.6 Å². The molecule has 0 aliphatic heterocycles. The van der Waals surface area contributed by atoms with Crippen molar-refractivity contribution in [2.24, 2.45) is 0 Å². The molecule has 1 aromatic heterocycles. The molecule has 0 aliphatic rings. The number of hydrazine groups is 1. The highest BCUT2D eigenvalue weighted by atomic mass is 16.2. The summed E-state index contributed by atoms with van der Waals surface area (Å²) in [6.07, 6.45) is 3.82. The van der Waals surface area contributed by atoms with E-state index in [9.17, 15) is 9.59 Å². The fourth-order valence-electron chi connectivity index (χ4n) is 3.09. The predicted molar refractivity (Wildman–Crippen MR) is 115 cm³/mol. The van der Waals surface area contributed by atoms with Crippen LogP contribution in [0.1, 0.15) is 43.6 Å². The number of rotatable bonds is 6. The molecule has 3 rings (SSSR count). The SMILES string of the molecule is CCc1nc2ccccc2n1CC(=O)NNC(=O)/C=C/c1ccc(C(C)C)cc1. The Labute approximate surface area is 170 Å². The second-order valence-electron chi connectivity index (χ2n) is 7.15. The fraction of sp³-hybridized carbons (Fsp3) is 0.261. The molecule has 0 bridgehead atoms. The molecule has 3 aromatic rings. The van der Waals surface area contributed by atoms with Crippen LogP contribution in [0.2, 0.25) is 0 Å². The lowest BCUT2D eigenvalue weighted by Gasteiger charge is -2.09. The third-order valence-corrected chi connectivity index (χ3v) is 4.71. The van der Waals surface area contributed by atoms with Gasteiger partial charge in [-0.15, -0.1) is 0 Å². The Hall–Kier alpha value is -3.41. The number of aryl methyl sites for hydroxylation is 1. The van der Waals surface area contributed by atoms with Crippen LogP contribution in [0.25, 0.3) is 17.1 Å². The zero-order valence-electron chi connectivity index (χ0n) is 17.0. The molecule has 0 atom stereocenters. The van der Waals surface area contributed by atoms with E-state index in [-0.39, 0.29) is 12.5 Å². The normalized spacial score (nSPS) is 11.3. The molecule has 150 valence electrons. The van der Waals surface area contributed by atoms with Gasteiger partial charge in [0.15, 0.2) is 0 Å². The zero-order chi connectivity index (χ0) is 20.8. The summed E-state index contributed by atoms with van der Waals surface area (Å²) in [6, 6.07) is 15.7. The number of imidazole rings is 1. The van der Waals surface area contributed by atoms with E-state index in [1.807, 2.05) is 60.0 Å². The molecule has 0 saturated heterocycles. The van der Waals surface area contributed by atoms with Crippen molar-refractivity contribution in [1.29, 1.82) is 0 Å². The summed E-state index contributed by atoms with van der Waals surface area (Å²) in [7, 11) is 0. The minimum atomic E-state index is -0.391. The maximum atomic E-state index is 12.3. The van der Waals surface area contributed by atoms with Gasteiger partial charge in [0.2, 0.25) is 0 Å². The van der Waals surface area contributed by atoms with Crippen LogP contribution in [-0.2, 0) is 22.6 Å². The Kier molecular flexibility index (Phi) is 6.44. The van der Waals surface area contributed by atoms with Gasteiger partial charge >= 0.3 is 0 Å². The Bertz CT molecular complexity index is 1030. The molecule has 0 saturated carbocycles. The molecule has 0 unspecified atom stereocenters. The molecular weight excluding hydrogens is 364 g/mol. The number of benzene rings is 2. The lowest BCUT2D eigenvalue weighted by molar-refractivity contribution is -0.127. The third kappa shape index (κ3) is 5.10. The van der Waals surface area contributed by atoms with E-state index in [0.717, 1.165) is 22.4 Å². The van der Waals surface area contributed by atoms with Gasteiger partial charge in [-0.05, 0) is 35.3 Å². The van der Waals surface area contributed by atoms with E-state index in [0.29, 0.717) is 12.3 Å². The first-order valence-corrected chi connectivity index (χ1v) is 9.79. The van der Waals surface area contributed by atoms with Crippen LogP contribution < -0.4 is 10.9 Å². The average molecular weight is 390 g/mol. The van der Waals surface area contributed by atoms with E-state index < -0.39 is 5.91 Å². The van der Waals surface area contributed by atoms with Crippen molar-refractivity contribution in [3.05, 3.63) is 71.6 Å². The van der Waals surface area contributed by atoms with Gasteiger partial charge in [-0.1, -0.05) is 57.2 Å². The van der Waals surface area contributed by atoms with Gasteiger partial charge in [-0.25, -0.2) is 4.98 Å². The predicted octanol–water partition coefficient (Wildman–Crippen LogP) is 3.58. The van der Waals surface area contributed by atoms with Gasteiger partial charge < -0.3 is 4.57 Å². The minimum absolute atomic E-state index is 0.0876. The summed E-state index contributed by atoms with van der Waals surface area (Å²) in [4.78, 5) is 28.8. The lowest BCUT2D eigenvalue weighted by atomic mass is 10.0. The Morgan fingerprint density at radius 1 is 1.07 bits per heavy atom. The van der Waals surface area contributed by atoms with E-state index in [2.05, 4.69) is 29.7 Å². The topological polar surface area (TPSA) is 76.0 Å². The van der Waals surface area contributed by atoms with E-state index >= 15 is 0 Å². The smallest absolute Gasteiger partial charge is 0.262 e. The lowest BCUT2D eigenvalue weighted by Crippen LogP contribution is -2.42. The molecule has 2 aromatic carbocycles. The standard InChI is InChI=1S/C23H26N4O2/c1-4-21-24-19-7-5-6-8-20(19)27(21)15-23(29)26-25-22(28)14-11-17-9-12-18(13-10-17)16(2)3/h5-14,16H,4,15H2,1-3H3,(H,25,28)(H,26,29)/b14-11+. The zero-order valence-corrected chi connectivity index (χ0v) is 17.0. The highest BCUT2D eigenvalue weighted by molar-refractivity contribution is 5.93. The summed E-state index contributed by atoms with van der Waals surface area (Å²) >= 11 is 0. The molecule has 6 nitrogen and oxygen atoms in total. The van der Waals surface area contributed by atoms with Gasteiger partial charge in [0.1, 0.15) is 12.4 Å². The minimum Gasteiger partial charge on any atom is -0.318 e. The number of carbonyl (C=O) groups excluding carboxylic acids is 2. The van der Waals surface area contributed by atoms with E-state index in [4.69, 9.17) is 0 Å². The number of para-hydroxylation sites is 2. The van der Waals surface area contributed by atoms with Gasteiger partial charge in [0, 0.05) is 12.5 Å². The summed E-state index contributed by atoms with van der Waals surface area (Å²) < 4.78 is 1.86. The Morgan fingerprint density at radius 3 is 2.48 bits per heavy atom. The highest BCUT2D eigenvalue weighted by Crippen LogP contribution is 2.16. The number of nitrogens with one attached hydrogen (secondary N) is 2. The second-order valence-corrected chi connectivity index (χ2v) is 7.15. The van der Waals surface area contributed by atoms with Crippen LogP contribution in [0.4, 0.5) is 0 Å². The van der Waals surface area contributed by atoms with Gasteiger partial charge in [0.05, 0.1) is 11.0 Å². The van der Waals surface area contributed by atoms with Crippen molar-refractivity contribution in [3.8, 4) is 0 Å². The molecule has 2 amide bonds. The van der Waals surface area contributed by atoms with Crippen molar-refractivity contribution >= 4 is 28.9 Å². The van der Waals surface area contributed by atoms with E-state index in [1.165, 1.54) is 11.6 Å². The van der Waals surface area contributed by atoms with Crippen LogP contribution >= 0.6 is 0 Å². The molecule has 0 radical (unpaired) electrons. The van der Waals surface area contributed by atoms with Crippen LogP contribution in [0.3, 0.4) is 0 Å². The van der Waals surface area contributed by atoms with Crippen LogP contribution in [0, 0.1) is 0 Å². The maximum Gasteiger partial charge on any atom is 0.262 e. The van der Waals surface area contributed by atoms with Crippen molar-refractivity contribution in [2.45, 2.75) is 39.7 Å². The largest absolute Gasteiger partial charge is 0.318 e. The first kappa shape index (κ1) is 20.3. The third-order valence-electron chi connectivity index (χ3n) is 4.71. The first-order valence-electron chi connectivity index (χ1n) is 9.79. The highest BCUT2D eigenvalue weighted by Gasteiger charge is 2.12. The molecule has 2 N–H and O–H groups in total. The van der Waals surface area contributed by atoms with E-state index in [1.54, 1.807) is 6.08 Å². The number of hydrogen-bond acceptors (Lipinski definition) is 3. The summed E-state index contributed by atoms with van der Waals surface area (Å²) in [5, 5.41) is 0.